The Bertz CT molecular complexity index is 836. The molecule has 4 N–H and O–H groups in total. The molecule has 0 radical (unpaired) electrons. The molecular formula is C21H31N5O2S. The molecular weight excluding hydrogens is 386 g/mol. The van der Waals surface area contributed by atoms with Gasteiger partial charge in [-0.3, -0.25) is 14.5 Å². The van der Waals surface area contributed by atoms with Gasteiger partial charge < -0.3 is 16.4 Å². The molecule has 0 aliphatic heterocycles. The zero-order valence-electron chi connectivity index (χ0n) is 17.7. The van der Waals surface area contributed by atoms with Gasteiger partial charge in [-0.05, 0) is 45.9 Å². The van der Waals surface area contributed by atoms with Gasteiger partial charge in [-0.2, -0.15) is 0 Å². The Morgan fingerprint density at radius 3 is 2.45 bits per heavy atom. The van der Waals surface area contributed by atoms with Crippen molar-refractivity contribution in [3.05, 3.63) is 46.5 Å². The monoisotopic (exact) mass is 417 g/mol. The molecule has 7 nitrogen and oxygen atoms in total. The van der Waals surface area contributed by atoms with Gasteiger partial charge >= 0.3 is 0 Å². The van der Waals surface area contributed by atoms with Crippen LogP contribution in [0.15, 0.2) is 30.5 Å². The minimum absolute atomic E-state index is 0.0946. The molecule has 1 heterocycles. The summed E-state index contributed by atoms with van der Waals surface area (Å²) >= 11 is 1.35. The first-order chi connectivity index (χ1) is 13.7. The highest BCUT2D eigenvalue weighted by molar-refractivity contribution is 7.15. The highest BCUT2D eigenvalue weighted by atomic mass is 32.1. The van der Waals surface area contributed by atoms with Crippen molar-refractivity contribution in [3.63, 3.8) is 0 Å². The number of anilines is 1. The summed E-state index contributed by atoms with van der Waals surface area (Å²) in [5.74, 6) is -0.721. The molecule has 8 heteroatoms. The number of aromatic nitrogens is 1. The zero-order valence-corrected chi connectivity index (χ0v) is 18.5. The third-order valence-corrected chi connectivity index (χ3v) is 6.00. The molecule has 0 spiro atoms. The fraction of sp³-hybridized carbons (Fsp3) is 0.476. The van der Waals surface area contributed by atoms with E-state index < -0.39 is 5.92 Å². The van der Waals surface area contributed by atoms with Gasteiger partial charge in [-0.25, -0.2) is 4.98 Å². The van der Waals surface area contributed by atoms with E-state index in [2.05, 4.69) is 15.6 Å². The number of nitrogens with two attached hydrogens (primary N) is 1. The molecule has 158 valence electrons. The average molecular weight is 418 g/mol. The number of nitrogens with one attached hydrogen (secondary N) is 2. The van der Waals surface area contributed by atoms with Crippen molar-refractivity contribution in [3.8, 4) is 0 Å². The van der Waals surface area contributed by atoms with Crippen LogP contribution in [0.2, 0.25) is 0 Å². The minimum atomic E-state index is -0.484. The highest BCUT2D eigenvalue weighted by Gasteiger charge is 2.25. The first-order valence-corrected chi connectivity index (χ1v) is 10.6. The van der Waals surface area contributed by atoms with E-state index in [1.807, 2.05) is 63.9 Å². The van der Waals surface area contributed by atoms with Gasteiger partial charge in [0.25, 0.3) is 0 Å². The Labute approximate surface area is 176 Å². The van der Waals surface area contributed by atoms with Gasteiger partial charge in [0.1, 0.15) is 0 Å². The van der Waals surface area contributed by atoms with Crippen molar-refractivity contribution in [2.45, 2.75) is 52.2 Å². The van der Waals surface area contributed by atoms with Crippen LogP contribution >= 0.6 is 11.3 Å². The van der Waals surface area contributed by atoms with Gasteiger partial charge in [0, 0.05) is 23.7 Å². The minimum Gasteiger partial charge on any atom is -0.375 e. The molecule has 1 aromatic carbocycles. The number of rotatable bonds is 9. The summed E-state index contributed by atoms with van der Waals surface area (Å²) in [7, 11) is 1.92. The average Bonchev–Trinajstić information content (AvgIpc) is 3.11. The summed E-state index contributed by atoms with van der Waals surface area (Å²) < 4.78 is 0. The lowest BCUT2D eigenvalue weighted by Gasteiger charge is -2.28. The molecule has 29 heavy (non-hydrogen) atoms. The standard InChI is InChI=1S/C21H31N5O2S/c1-13(2)26(5)15(4)19(27)24-12-18(17-9-7-6-8-14(17)3)20(28)23-10-16-11-25-21(22)29-16/h6-9,11,13,15,18H,10,12H2,1-5H3,(H2,22,25)(H,23,28)(H,24,27)/t15-,18-/m0/s1. The lowest BCUT2D eigenvalue weighted by molar-refractivity contribution is -0.126. The Hall–Kier alpha value is -2.45. The molecule has 0 aliphatic rings. The van der Waals surface area contributed by atoms with Gasteiger partial charge in [0.05, 0.1) is 18.5 Å². The summed E-state index contributed by atoms with van der Waals surface area (Å²) in [5.41, 5.74) is 7.57. The van der Waals surface area contributed by atoms with Crippen molar-refractivity contribution >= 4 is 28.3 Å². The Balaban J connectivity index is 2.10. The number of thiazole rings is 1. The van der Waals surface area contributed by atoms with Crippen LogP contribution < -0.4 is 16.4 Å². The van der Waals surface area contributed by atoms with E-state index in [1.54, 1.807) is 6.20 Å². The van der Waals surface area contributed by atoms with Gasteiger partial charge in [-0.15, -0.1) is 11.3 Å². The van der Waals surface area contributed by atoms with Crippen LogP contribution in [0.1, 0.15) is 42.7 Å². The SMILES string of the molecule is Cc1ccccc1[C@H](CNC(=O)[C@H](C)N(C)C(C)C)C(=O)NCc1cnc(N)s1. The summed E-state index contributed by atoms with van der Waals surface area (Å²) in [4.78, 5) is 32.5. The fourth-order valence-electron chi connectivity index (χ4n) is 3.01. The van der Waals surface area contributed by atoms with Crippen molar-refractivity contribution in [1.29, 1.82) is 0 Å². The van der Waals surface area contributed by atoms with Gasteiger partial charge in [0.15, 0.2) is 5.13 Å². The first-order valence-electron chi connectivity index (χ1n) is 9.73. The second kappa shape index (κ2) is 10.4. The molecule has 0 unspecified atom stereocenters. The third-order valence-electron chi connectivity index (χ3n) is 5.17. The number of amides is 2. The number of hydrogen-bond donors (Lipinski definition) is 3. The van der Waals surface area contributed by atoms with E-state index in [4.69, 9.17) is 5.73 Å². The summed E-state index contributed by atoms with van der Waals surface area (Å²) in [6, 6.07) is 7.71. The zero-order chi connectivity index (χ0) is 21.6. The van der Waals surface area contributed by atoms with Gasteiger partial charge in [0.2, 0.25) is 11.8 Å². The Kier molecular flexibility index (Phi) is 8.16. The molecule has 0 saturated heterocycles. The summed E-state index contributed by atoms with van der Waals surface area (Å²) in [6.45, 7) is 8.51. The van der Waals surface area contributed by atoms with E-state index in [0.717, 1.165) is 16.0 Å². The van der Waals surface area contributed by atoms with Crippen LogP contribution in [-0.4, -0.2) is 47.4 Å². The number of benzene rings is 1. The quantitative estimate of drug-likeness (QED) is 0.581. The third kappa shape index (κ3) is 6.27. The molecule has 2 rings (SSSR count). The molecule has 0 fully saturated rings. The predicted octanol–water partition coefficient (Wildman–Crippen LogP) is 2.28. The molecule has 2 aromatic rings. The number of aryl methyl sites for hydroxylation is 1. The second-order valence-corrected chi connectivity index (χ2v) is 8.62. The summed E-state index contributed by atoms with van der Waals surface area (Å²) in [5, 5.41) is 6.37. The van der Waals surface area contributed by atoms with E-state index in [0.29, 0.717) is 11.7 Å². The molecule has 0 bridgehead atoms. The van der Waals surface area contributed by atoms with Gasteiger partial charge in [-0.1, -0.05) is 24.3 Å². The second-order valence-electron chi connectivity index (χ2n) is 7.47. The topological polar surface area (TPSA) is 100 Å². The number of nitrogens with zero attached hydrogens (tertiary/aromatic N) is 2. The fourth-order valence-corrected chi connectivity index (χ4v) is 3.63. The van der Waals surface area contributed by atoms with Crippen molar-refractivity contribution < 1.29 is 9.59 Å². The maximum absolute atomic E-state index is 13.0. The maximum atomic E-state index is 13.0. The predicted molar refractivity (Wildman–Crippen MR) is 118 cm³/mol. The van der Waals surface area contributed by atoms with E-state index >= 15 is 0 Å². The number of hydrogen-bond acceptors (Lipinski definition) is 6. The summed E-state index contributed by atoms with van der Waals surface area (Å²) in [6.07, 6.45) is 1.66. The number of likely N-dealkylation sites (N-methyl/N-ethyl adjacent to an activating group) is 1. The van der Waals surface area contributed by atoms with Crippen LogP contribution in [0.3, 0.4) is 0 Å². The lowest BCUT2D eigenvalue weighted by Crippen LogP contribution is -2.48. The van der Waals surface area contributed by atoms with Crippen LogP contribution in [0, 0.1) is 6.92 Å². The number of carbonyl (C=O) groups is 2. The molecule has 0 aliphatic carbocycles. The van der Waals surface area contributed by atoms with Crippen molar-refractivity contribution in [2.75, 3.05) is 19.3 Å². The molecule has 0 saturated carbocycles. The van der Waals surface area contributed by atoms with Crippen LogP contribution in [0.4, 0.5) is 5.13 Å². The van der Waals surface area contributed by atoms with Crippen molar-refractivity contribution in [2.24, 2.45) is 0 Å². The van der Waals surface area contributed by atoms with Crippen LogP contribution in [0.25, 0.3) is 0 Å². The van der Waals surface area contributed by atoms with E-state index in [9.17, 15) is 9.59 Å². The van der Waals surface area contributed by atoms with E-state index in [-0.39, 0.29) is 30.4 Å². The van der Waals surface area contributed by atoms with Crippen LogP contribution in [-0.2, 0) is 16.1 Å². The van der Waals surface area contributed by atoms with Crippen LogP contribution in [0.5, 0.6) is 0 Å². The number of carbonyl (C=O) groups excluding carboxylic acids is 2. The molecule has 2 atom stereocenters. The molecule has 2 amide bonds. The normalized spacial score (nSPS) is 13.3. The van der Waals surface area contributed by atoms with E-state index in [1.165, 1.54) is 11.3 Å². The number of nitrogen functional groups attached to an aromatic ring is 1. The smallest absolute Gasteiger partial charge is 0.237 e. The largest absolute Gasteiger partial charge is 0.375 e. The lowest BCUT2D eigenvalue weighted by atomic mass is 9.93. The first kappa shape index (κ1) is 22.8. The van der Waals surface area contributed by atoms with Crippen molar-refractivity contribution in [1.82, 2.24) is 20.5 Å². The molecule has 1 aromatic heterocycles. The highest BCUT2D eigenvalue weighted by Crippen LogP contribution is 2.21. The Morgan fingerprint density at radius 1 is 1.17 bits per heavy atom. The Morgan fingerprint density at radius 2 is 1.86 bits per heavy atom. The maximum Gasteiger partial charge on any atom is 0.237 e.